The predicted octanol–water partition coefficient (Wildman–Crippen LogP) is 2.69. The third-order valence-electron chi connectivity index (χ3n) is 4.47. The SMILES string of the molecule is CC(C)(C)c1ccc([I-]c2ccc(C(C)(C)C)cc2)cc1.O=S(=O)(NS(=O)(=O)C(F)(F)F)C(F)(F)F. The molecular formula is C22H27F6INO4S2-. The van der Waals surface area contributed by atoms with Crippen molar-refractivity contribution in [3.05, 3.63) is 66.8 Å². The van der Waals surface area contributed by atoms with Gasteiger partial charge in [0.05, 0.1) is 0 Å². The summed E-state index contributed by atoms with van der Waals surface area (Å²) in [6.45, 7) is 13.6. The Hall–Kier alpha value is -1.39. The molecule has 0 atom stereocenters. The summed E-state index contributed by atoms with van der Waals surface area (Å²) < 4.78 is 111. The molecule has 0 saturated heterocycles. The molecule has 0 bridgehead atoms. The third kappa shape index (κ3) is 9.49. The van der Waals surface area contributed by atoms with Crippen LogP contribution >= 0.6 is 0 Å². The molecule has 0 aliphatic rings. The number of sulfonamides is 2. The normalized spacial score (nSPS) is 13.8. The Morgan fingerprint density at radius 3 is 1.00 bits per heavy atom. The zero-order valence-corrected chi connectivity index (χ0v) is 24.0. The van der Waals surface area contributed by atoms with Crippen LogP contribution < -0.4 is 25.3 Å². The summed E-state index contributed by atoms with van der Waals surface area (Å²) in [5.41, 5.74) is -8.98. The molecule has 36 heavy (non-hydrogen) atoms. The first-order valence-corrected chi connectivity index (χ1v) is 15.3. The molecule has 0 unspecified atom stereocenters. The molecule has 0 aliphatic heterocycles. The fourth-order valence-electron chi connectivity index (χ4n) is 2.39. The van der Waals surface area contributed by atoms with E-state index in [1.165, 1.54) is 18.3 Å². The van der Waals surface area contributed by atoms with Crippen LogP contribution in [-0.4, -0.2) is 27.9 Å². The van der Waals surface area contributed by atoms with E-state index in [1.807, 2.05) is 0 Å². The van der Waals surface area contributed by atoms with Gasteiger partial charge in [0.2, 0.25) is 0 Å². The van der Waals surface area contributed by atoms with Crippen LogP contribution in [0.4, 0.5) is 26.3 Å². The van der Waals surface area contributed by atoms with Crippen LogP contribution in [0.2, 0.25) is 0 Å². The maximum absolute atomic E-state index is 11.5. The van der Waals surface area contributed by atoms with Gasteiger partial charge in [-0.2, -0.15) is 26.3 Å². The van der Waals surface area contributed by atoms with E-state index in [-0.39, 0.29) is 32.0 Å². The van der Waals surface area contributed by atoms with Crippen molar-refractivity contribution in [1.82, 2.24) is 4.13 Å². The van der Waals surface area contributed by atoms with Crippen LogP contribution in [0.5, 0.6) is 0 Å². The predicted molar refractivity (Wildman–Crippen MR) is 121 cm³/mol. The first kappa shape index (κ1) is 32.6. The molecule has 206 valence electrons. The minimum atomic E-state index is -6.60. The van der Waals surface area contributed by atoms with Gasteiger partial charge >= 0.3 is 171 Å². The fourth-order valence-corrected chi connectivity index (χ4v) is 6.46. The summed E-state index contributed by atoms with van der Waals surface area (Å²) in [5, 5.41) is 0. The van der Waals surface area contributed by atoms with Gasteiger partial charge in [-0.05, 0) is 0 Å². The van der Waals surface area contributed by atoms with Crippen molar-refractivity contribution in [3.8, 4) is 0 Å². The van der Waals surface area contributed by atoms with Crippen molar-refractivity contribution < 1.29 is 64.4 Å². The molecule has 0 fully saturated rings. The van der Waals surface area contributed by atoms with Gasteiger partial charge in [-0.15, -0.1) is 0 Å². The van der Waals surface area contributed by atoms with Gasteiger partial charge in [0.25, 0.3) is 0 Å². The second kappa shape index (κ2) is 11.2. The number of halogens is 7. The van der Waals surface area contributed by atoms with E-state index in [1.54, 1.807) is 0 Å². The Balaban J connectivity index is 0.000000384. The second-order valence-corrected chi connectivity index (χ2v) is 16.2. The molecule has 0 aromatic heterocycles. The Morgan fingerprint density at radius 2 is 0.806 bits per heavy atom. The third-order valence-corrected chi connectivity index (χ3v) is 10.1. The number of nitrogens with one attached hydrogen (secondary N) is 1. The second-order valence-electron chi connectivity index (χ2n) is 9.59. The maximum Gasteiger partial charge on any atom is 0.512 e. The zero-order chi connectivity index (χ0) is 28.4. The van der Waals surface area contributed by atoms with Crippen molar-refractivity contribution in [1.29, 1.82) is 0 Å². The largest absolute Gasteiger partial charge is 0.512 e. The monoisotopic (exact) mass is 674 g/mol. The van der Waals surface area contributed by atoms with Crippen LogP contribution in [0.25, 0.3) is 0 Å². The van der Waals surface area contributed by atoms with Crippen molar-refractivity contribution in [2.24, 2.45) is 0 Å². The minimum Gasteiger partial charge on any atom is -0.202 e. The number of rotatable bonds is 4. The van der Waals surface area contributed by atoms with Crippen molar-refractivity contribution in [3.63, 3.8) is 0 Å². The van der Waals surface area contributed by atoms with Gasteiger partial charge < -0.3 is 0 Å². The summed E-state index contributed by atoms with van der Waals surface area (Å²) in [4.78, 5) is 0. The molecule has 14 heteroatoms. The van der Waals surface area contributed by atoms with Crippen LogP contribution in [0, 0.1) is 7.14 Å². The Bertz CT molecular complexity index is 1130. The average Bonchev–Trinajstić information content (AvgIpc) is 2.65. The number of alkyl halides is 6. The Labute approximate surface area is 218 Å². The Morgan fingerprint density at radius 1 is 0.556 bits per heavy atom. The van der Waals surface area contributed by atoms with Gasteiger partial charge in [-0.25, -0.2) is 16.8 Å². The maximum atomic E-state index is 11.5. The van der Waals surface area contributed by atoms with Crippen LogP contribution in [0.1, 0.15) is 52.7 Å². The quantitative estimate of drug-likeness (QED) is 0.400. The summed E-state index contributed by atoms with van der Waals surface area (Å²) in [7, 11) is -13.2. The molecule has 0 aliphatic carbocycles. The van der Waals surface area contributed by atoms with E-state index in [0.29, 0.717) is 0 Å². The molecule has 2 rings (SSSR count). The Kier molecular flexibility index (Phi) is 10.1. The first-order valence-electron chi connectivity index (χ1n) is 10.1. The molecule has 0 amide bonds. The molecule has 0 heterocycles. The standard InChI is InChI=1S/C20H26I.C2HF6NO4S2/c1-19(2,3)15-7-11-17(12-8-15)21-18-13-9-16(10-14-18)20(4,5)6;3-1(4,5)14(10,11)9-15(12,13)2(6,7)8/h7-14H,1-6H3;9H/q-1;. The summed E-state index contributed by atoms with van der Waals surface area (Å²) >= 11 is -0.0703. The molecule has 5 nitrogen and oxygen atoms in total. The van der Waals surface area contributed by atoms with Crippen LogP contribution in [-0.2, 0) is 30.9 Å². The fraction of sp³-hybridized carbons (Fsp3) is 0.455. The number of benzene rings is 2. The van der Waals surface area contributed by atoms with Crippen LogP contribution in [0.15, 0.2) is 48.5 Å². The molecule has 1 N–H and O–H groups in total. The zero-order valence-electron chi connectivity index (χ0n) is 20.2. The smallest absolute Gasteiger partial charge is 0.202 e. The van der Waals surface area contributed by atoms with Gasteiger partial charge in [0.1, 0.15) is 0 Å². The molecule has 2 aromatic carbocycles. The molecule has 0 spiro atoms. The minimum absolute atomic E-state index is 0.0703. The van der Waals surface area contributed by atoms with E-state index < -0.39 is 35.2 Å². The van der Waals surface area contributed by atoms with Crippen LogP contribution in [0.3, 0.4) is 0 Å². The van der Waals surface area contributed by atoms with E-state index in [4.69, 9.17) is 0 Å². The van der Waals surface area contributed by atoms with Gasteiger partial charge in [0.15, 0.2) is 0 Å². The summed E-state index contributed by atoms with van der Waals surface area (Å²) in [6, 6.07) is 18.4. The number of hydrogen-bond donors (Lipinski definition) is 1. The van der Waals surface area contributed by atoms with Crippen molar-refractivity contribution >= 4 is 20.0 Å². The summed E-state index contributed by atoms with van der Waals surface area (Å²) in [6.07, 6.45) is 0. The molecule has 0 radical (unpaired) electrons. The van der Waals surface area contributed by atoms with Gasteiger partial charge in [0, 0.05) is 0 Å². The van der Waals surface area contributed by atoms with Crippen molar-refractivity contribution in [2.75, 3.05) is 0 Å². The molecule has 0 saturated carbocycles. The van der Waals surface area contributed by atoms with Crippen molar-refractivity contribution in [2.45, 2.75) is 63.4 Å². The van der Waals surface area contributed by atoms with E-state index in [2.05, 4.69) is 90.1 Å². The molecule has 2 aromatic rings. The average molecular weight is 674 g/mol. The van der Waals surface area contributed by atoms with Gasteiger partial charge in [-0.1, -0.05) is 4.13 Å². The number of hydrogen-bond acceptors (Lipinski definition) is 4. The van der Waals surface area contributed by atoms with E-state index in [0.717, 1.165) is 0 Å². The van der Waals surface area contributed by atoms with Gasteiger partial charge in [-0.3, -0.25) is 0 Å². The first-order chi connectivity index (χ1) is 15.9. The van der Waals surface area contributed by atoms with E-state index >= 15 is 0 Å². The molecular weight excluding hydrogens is 647 g/mol. The van der Waals surface area contributed by atoms with E-state index in [9.17, 15) is 43.2 Å². The summed E-state index contributed by atoms with van der Waals surface area (Å²) in [5.74, 6) is 0. The topological polar surface area (TPSA) is 80.3 Å².